The largest absolute Gasteiger partial charge is 0.417 e. The van der Waals surface area contributed by atoms with Crippen LogP contribution < -0.4 is 5.32 Å². The Labute approximate surface area is 138 Å². The van der Waals surface area contributed by atoms with E-state index < -0.39 is 11.7 Å². The van der Waals surface area contributed by atoms with Gasteiger partial charge in [0.05, 0.1) is 16.3 Å². The molecule has 0 fully saturated rings. The van der Waals surface area contributed by atoms with Gasteiger partial charge < -0.3 is 10.1 Å². The van der Waals surface area contributed by atoms with Crippen LogP contribution in [0.2, 0.25) is 0 Å². The van der Waals surface area contributed by atoms with Crippen molar-refractivity contribution in [2.45, 2.75) is 31.5 Å². The molecule has 1 aromatic heterocycles. The molecule has 1 N–H and O–H groups in total. The SMILES string of the molecule is CC(C)COCCCNC(=O)CSc1ccc(C(F)(F)F)cn1. The lowest BCUT2D eigenvalue weighted by Crippen LogP contribution is -2.27. The van der Waals surface area contributed by atoms with Gasteiger partial charge in [0.1, 0.15) is 0 Å². The fourth-order valence-corrected chi connectivity index (χ4v) is 2.22. The van der Waals surface area contributed by atoms with E-state index in [0.29, 0.717) is 30.7 Å². The number of amides is 1. The highest BCUT2D eigenvalue weighted by molar-refractivity contribution is 7.99. The smallest absolute Gasteiger partial charge is 0.381 e. The normalized spacial score (nSPS) is 11.7. The van der Waals surface area contributed by atoms with Crippen LogP contribution in [-0.2, 0) is 15.7 Å². The van der Waals surface area contributed by atoms with Crippen LogP contribution in [0, 0.1) is 5.92 Å². The number of rotatable bonds is 9. The van der Waals surface area contributed by atoms with Gasteiger partial charge in [0.25, 0.3) is 0 Å². The average Bonchev–Trinajstić information content (AvgIpc) is 2.48. The van der Waals surface area contributed by atoms with Gasteiger partial charge in [0.15, 0.2) is 0 Å². The molecule has 0 unspecified atom stereocenters. The third-order valence-electron chi connectivity index (χ3n) is 2.65. The highest BCUT2D eigenvalue weighted by atomic mass is 32.2. The van der Waals surface area contributed by atoms with Gasteiger partial charge in [-0.1, -0.05) is 25.6 Å². The molecule has 0 aliphatic heterocycles. The molecule has 0 aromatic carbocycles. The lowest BCUT2D eigenvalue weighted by molar-refractivity contribution is -0.137. The Morgan fingerprint density at radius 2 is 2.13 bits per heavy atom. The Kier molecular flexibility index (Phi) is 8.40. The summed E-state index contributed by atoms with van der Waals surface area (Å²) in [4.78, 5) is 15.3. The minimum Gasteiger partial charge on any atom is -0.381 e. The van der Waals surface area contributed by atoms with Gasteiger partial charge in [0.2, 0.25) is 5.91 Å². The summed E-state index contributed by atoms with van der Waals surface area (Å²) in [5.74, 6) is 0.420. The molecule has 1 aromatic rings. The molecule has 130 valence electrons. The molecule has 4 nitrogen and oxygen atoms in total. The van der Waals surface area contributed by atoms with Gasteiger partial charge >= 0.3 is 6.18 Å². The average molecular weight is 350 g/mol. The Bertz CT molecular complexity index is 479. The van der Waals surface area contributed by atoms with E-state index in [1.807, 2.05) is 0 Å². The van der Waals surface area contributed by atoms with Gasteiger partial charge in [-0.3, -0.25) is 4.79 Å². The fourth-order valence-electron chi connectivity index (χ4n) is 1.54. The van der Waals surface area contributed by atoms with Crippen molar-refractivity contribution in [3.05, 3.63) is 23.9 Å². The topological polar surface area (TPSA) is 51.2 Å². The van der Waals surface area contributed by atoms with Crippen molar-refractivity contribution < 1.29 is 22.7 Å². The fraction of sp³-hybridized carbons (Fsp3) is 0.600. The Morgan fingerprint density at radius 3 is 2.70 bits per heavy atom. The lowest BCUT2D eigenvalue weighted by Gasteiger charge is -2.08. The number of nitrogens with zero attached hydrogens (tertiary/aromatic N) is 1. The molecular formula is C15H21F3N2O2S. The molecule has 0 saturated carbocycles. The van der Waals surface area contributed by atoms with Crippen molar-refractivity contribution in [3.8, 4) is 0 Å². The van der Waals surface area contributed by atoms with E-state index in [-0.39, 0.29) is 11.7 Å². The quantitative estimate of drug-likeness (QED) is 0.548. The van der Waals surface area contributed by atoms with Crippen LogP contribution in [-0.4, -0.2) is 36.4 Å². The van der Waals surface area contributed by atoms with E-state index in [0.717, 1.165) is 30.4 Å². The van der Waals surface area contributed by atoms with E-state index in [9.17, 15) is 18.0 Å². The maximum Gasteiger partial charge on any atom is 0.417 e. The number of hydrogen-bond donors (Lipinski definition) is 1. The zero-order chi connectivity index (χ0) is 17.3. The molecular weight excluding hydrogens is 329 g/mol. The highest BCUT2D eigenvalue weighted by Gasteiger charge is 2.30. The van der Waals surface area contributed by atoms with Gasteiger partial charge in [-0.05, 0) is 24.5 Å². The van der Waals surface area contributed by atoms with Crippen LogP contribution in [0.3, 0.4) is 0 Å². The number of pyridine rings is 1. The number of hydrogen-bond acceptors (Lipinski definition) is 4. The Hall–Kier alpha value is -1.28. The number of carbonyl (C=O) groups is 1. The Balaban J connectivity index is 2.18. The van der Waals surface area contributed by atoms with Crippen LogP contribution in [0.25, 0.3) is 0 Å². The predicted octanol–water partition coefficient (Wildman–Crippen LogP) is 3.37. The molecule has 1 rings (SSSR count). The number of nitrogens with one attached hydrogen (secondary N) is 1. The second-order valence-corrected chi connectivity index (χ2v) is 6.34. The minimum atomic E-state index is -4.40. The number of ether oxygens (including phenoxy) is 1. The highest BCUT2D eigenvalue weighted by Crippen LogP contribution is 2.29. The van der Waals surface area contributed by atoms with Gasteiger partial charge in [-0.15, -0.1) is 0 Å². The first-order valence-electron chi connectivity index (χ1n) is 7.29. The van der Waals surface area contributed by atoms with E-state index >= 15 is 0 Å². The van der Waals surface area contributed by atoms with Crippen molar-refractivity contribution in [1.82, 2.24) is 10.3 Å². The number of alkyl halides is 3. The summed E-state index contributed by atoms with van der Waals surface area (Å²) < 4.78 is 42.5. The zero-order valence-corrected chi connectivity index (χ0v) is 14.0. The summed E-state index contributed by atoms with van der Waals surface area (Å²) in [7, 11) is 0. The number of halogens is 3. The van der Waals surface area contributed by atoms with Crippen molar-refractivity contribution in [1.29, 1.82) is 0 Å². The van der Waals surface area contributed by atoms with Crippen molar-refractivity contribution in [2.75, 3.05) is 25.5 Å². The first kappa shape index (κ1) is 19.8. The summed E-state index contributed by atoms with van der Waals surface area (Å²) in [6, 6.07) is 2.22. The van der Waals surface area contributed by atoms with E-state index in [1.54, 1.807) is 0 Å². The van der Waals surface area contributed by atoms with Gasteiger partial charge in [-0.25, -0.2) is 4.98 Å². The molecule has 0 aliphatic rings. The second kappa shape index (κ2) is 9.77. The van der Waals surface area contributed by atoms with Gasteiger partial charge in [-0.2, -0.15) is 13.2 Å². The van der Waals surface area contributed by atoms with Crippen LogP contribution in [0.4, 0.5) is 13.2 Å². The zero-order valence-electron chi connectivity index (χ0n) is 13.2. The van der Waals surface area contributed by atoms with E-state index in [1.165, 1.54) is 6.07 Å². The standard InChI is InChI=1S/C15H21F3N2O2S/c1-11(2)9-22-7-3-6-19-13(21)10-23-14-5-4-12(8-20-14)15(16,17)18/h4-5,8,11H,3,6-7,9-10H2,1-2H3,(H,19,21). The first-order chi connectivity index (χ1) is 10.8. The van der Waals surface area contributed by atoms with Gasteiger partial charge in [0, 0.05) is 26.0 Å². The molecule has 8 heteroatoms. The third kappa shape index (κ3) is 8.80. The third-order valence-corrected chi connectivity index (χ3v) is 3.60. The first-order valence-corrected chi connectivity index (χ1v) is 8.28. The maximum absolute atomic E-state index is 12.4. The lowest BCUT2D eigenvalue weighted by atomic mass is 10.2. The molecule has 0 spiro atoms. The van der Waals surface area contributed by atoms with Crippen molar-refractivity contribution in [3.63, 3.8) is 0 Å². The van der Waals surface area contributed by atoms with Crippen molar-refractivity contribution >= 4 is 17.7 Å². The number of carbonyl (C=O) groups excluding carboxylic acids is 1. The summed E-state index contributed by atoms with van der Waals surface area (Å²) >= 11 is 1.10. The van der Waals surface area contributed by atoms with E-state index in [2.05, 4.69) is 24.1 Å². The Morgan fingerprint density at radius 1 is 1.39 bits per heavy atom. The number of thioether (sulfide) groups is 1. The van der Waals surface area contributed by atoms with Crippen molar-refractivity contribution in [2.24, 2.45) is 5.92 Å². The van der Waals surface area contributed by atoms with E-state index in [4.69, 9.17) is 4.74 Å². The molecule has 0 radical (unpaired) electrons. The predicted molar refractivity (Wildman–Crippen MR) is 83.2 cm³/mol. The molecule has 0 aliphatic carbocycles. The second-order valence-electron chi connectivity index (χ2n) is 5.34. The summed E-state index contributed by atoms with van der Waals surface area (Å²) in [6.45, 7) is 5.93. The van der Waals surface area contributed by atoms with Crippen LogP contribution in [0.1, 0.15) is 25.8 Å². The maximum atomic E-state index is 12.4. The van der Waals surface area contributed by atoms with Crippen LogP contribution >= 0.6 is 11.8 Å². The minimum absolute atomic E-state index is 0.116. The van der Waals surface area contributed by atoms with Crippen LogP contribution in [0.15, 0.2) is 23.4 Å². The molecule has 1 amide bonds. The molecule has 0 atom stereocenters. The monoisotopic (exact) mass is 350 g/mol. The molecule has 0 saturated heterocycles. The number of aromatic nitrogens is 1. The van der Waals surface area contributed by atoms with Crippen LogP contribution in [0.5, 0.6) is 0 Å². The molecule has 1 heterocycles. The molecule has 0 bridgehead atoms. The summed E-state index contributed by atoms with van der Waals surface area (Å²) in [5, 5.41) is 3.11. The molecule has 23 heavy (non-hydrogen) atoms. The summed E-state index contributed by atoms with van der Waals surface area (Å²) in [5.41, 5.74) is -0.798. The summed E-state index contributed by atoms with van der Waals surface area (Å²) in [6.07, 6.45) is -2.90.